The zero-order valence-corrected chi connectivity index (χ0v) is 21.7. The van der Waals surface area contributed by atoms with Crippen LogP contribution in [0, 0.1) is 0 Å². The number of amides is 1. The molecule has 1 aliphatic carbocycles. The average molecular weight is 526 g/mol. The molecule has 2 aliphatic rings. The largest absolute Gasteiger partial charge is 0.489 e. The number of benzene rings is 2. The summed E-state index contributed by atoms with van der Waals surface area (Å²) in [6.07, 6.45) is 12.7. The van der Waals surface area contributed by atoms with Crippen molar-refractivity contribution in [2.24, 2.45) is 0 Å². The quantitative estimate of drug-likeness (QED) is 0.289. The molecule has 1 N–H and O–H groups in total. The standard InChI is InChI=1S/C31H31N3O5/c35-29(36)13-8-21-6-10-25(11-7-21)39-26-14-16-33(19-26)31(37)22-9-12-28-27(18-22)32-30(23-15-17-38-20-23)34(28)24-4-2-1-3-5-24/h6-13,15,17-18,20,24,26H,1-5,14,16,19H2,(H,35,36). The van der Waals surface area contributed by atoms with Gasteiger partial charge >= 0.3 is 5.97 Å². The molecule has 1 atom stereocenters. The van der Waals surface area contributed by atoms with E-state index in [1.807, 2.05) is 53.4 Å². The van der Waals surface area contributed by atoms with Gasteiger partial charge in [-0.1, -0.05) is 31.4 Å². The van der Waals surface area contributed by atoms with Crippen molar-refractivity contribution < 1.29 is 23.8 Å². The zero-order valence-electron chi connectivity index (χ0n) is 21.7. The first-order valence-corrected chi connectivity index (χ1v) is 13.6. The molecular weight excluding hydrogens is 494 g/mol. The maximum atomic E-state index is 13.4. The van der Waals surface area contributed by atoms with Gasteiger partial charge in [-0.3, -0.25) is 4.79 Å². The van der Waals surface area contributed by atoms with E-state index in [2.05, 4.69) is 4.57 Å². The minimum Gasteiger partial charge on any atom is -0.489 e. The number of furan rings is 1. The summed E-state index contributed by atoms with van der Waals surface area (Å²) in [6, 6.07) is 15.5. The monoisotopic (exact) mass is 525 g/mol. The molecule has 1 saturated carbocycles. The molecule has 2 fully saturated rings. The molecule has 1 saturated heterocycles. The molecule has 8 heteroatoms. The van der Waals surface area contributed by atoms with Crippen LogP contribution in [-0.2, 0) is 4.79 Å². The molecule has 0 bridgehead atoms. The lowest BCUT2D eigenvalue weighted by molar-refractivity contribution is -0.131. The number of nitrogens with zero attached hydrogens (tertiary/aromatic N) is 3. The third-order valence-electron chi connectivity index (χ3n) is 7.69. The summed E-state index contributed by atoms with van der Waals surface area (Å²) in [7, 11) is 0. The summed E-state index contributed by atoms with van der Waals surface area (Å²) < 4.78 is 13.8. The molecular formula is C31H31N3O5. The second-order valence-corrected chi connectivity index (χ2v) is 10.3. The fraction of sp³-hybridized carbons (Fsp3) is 0.323. The molecule has 1 amide bonds. The van der Waals surface area contributed by atoms with Crippen molar-refractivity contribution in [2.45, 2.75) is 50.7 Å². The van der Waals surface area contributed by atoms with Crippen molar-refractivity contribution in [2.75, 3.05) is 13.1 Å². The number of likely N-dealkylation sites (tertiary alicyclic amines) is 1. The van der Waals surface area contributed by atoms with E-state index in [9.17, 15) is 9.59 Å². The first kappa shape index (κ1) is 25.0. The number of carboxylic acids is 1. The van der Waals surface area contributed by atoms with Gasteiger partial charge in [-0.15, -0.1) is 0 Å². The summed E-state index contributed by atoms with van der Waals surface area (Å²) >= 11 is 0. The predicted octanol–water partition coefficient (Wildman–Crippen LogP) is 6.19. The van der Waals surface area contributed by atoms with Gasteiger partial charge in [-0.25, -0.2) is 9.78 Å². The van der Waals surface area contributed by atoms with Crippen molar-refractivity contribution >= 4 is 29.0 Å². The molecule has 0 radical (unpaired) electrons. The molecule has 39 heavy (non-hydrogen) atoms. The Kier molecular flexibility index (Phi) is 6.92. The first-order chi connectivity index (χ1) is 19.0. The highest BCUT2D eigenvalue weighted by atomic mass is 16.5. The molecule has 3 heterocycles. The van der Waals surface area contributed by atoms with Crippen LogP contribution >= 0.6 is 0 Å². The topological polar surface area (TPSA) is 97.8 Å². The van der Waals surface area contributed by atoms with E-state index in [0.29, 0.717) is 30.4 Å². The van der Waals surface area contributed by atoms with E-state index in [1.165, 1.54) is 25.3 Å². The number of hydrogen-bond donors (Lipinski definition) is 1. The van der Waals surface area contributed by atoms with Crippen LogP contribution in [0.25, 0.3) is 28.5 Å². The van der Waals surface area contributed by atoms with Crippen LogP contribution in [-0.4, -0.2) is 50.6 Å². The normalized spacial score (nSPS) is 18.3. The highest BCUT2D eigenvalue weighted by molar-refractivity contribution is 5.98. The lowest BCUT2D eigenvalue weighted by atomic mass is 9.95. The number of carboxylic acid groups (broad SMARTS) is 1. The third-order valence-corrected chi connectivity index (χ3v) is 7.69. The van der Waals surface area contributed by atoms with Crippen molar-refractivity contribution in [1.82, 2.24) is 14.5 Å². The number of ether oxygens (including phenoxy) is 1. The number of aliphatic carboxylic acids is 1. The van der Waals surface area contributed by atoms with E-state index < -0.39 is 5.97 Å². The zero-order chi connectivity index (χ0) is 26.8. The van der Waals surface area contributed by atoms with Crippen LogP contribution in [0.2, 0.25) is 0 Å². The Hall–Kier alpha value is -4.33. The van der Waals surface area contributed by atoms with Gasteiger partial charge in [0.05, 0.1) is 29.4 Å². The van der Waals surface area contributed by atoms with Gasteiger partial charge < -0.3 is 23.7 Å². The molecule has 1 aliphatic heterocycles. The number of carbonyl (C=O) groups excluding carboxylic acids is 1. The van der Waals surface area contributed by atoms with Crippen LogP contribution < -0.4 is 4.74 Å². The molecule has 1 unspecified atom stereocenters. The molecule has 6 rings (SSSR count). The average Bonchev–Trinajstić information content (AvgIpc) is 3.72. The predicted molar refractivity (Wildman–Crippen MR) is 148 cm³/mol. The van der Waals surface area contributed by atoms with Crippen molar-refractivity contribution in [3.05, 3.63) is 78.3 Å². The number of carbonyl (C=O) groups is 2. The third kappa shape index (κ3) is 5.32. The maximum absolute atomic E-state index is 13.4. The van der Waals surface area contributed by atoms with Gasteiger partial charge in [0.1, 0.15) is 23.9 Å². The Balaban J connectivity index is 1.17. The fourth-order valence-corrected chi connectivity index (χ4v) is 5.74. The van der Waals surface area contributed by atoms with E-state index >= 15 is 0 Å². The summed E-state index contributed by atoms with van der Waals surface area (Å²) in [6.45, 7) is 1.13. The summed E-state index contributed by atoms with van der Waals surface area (Å²) in [5.74, 6) is 0.591. The van der Waals surface area contributed by atoms with Crippen LogP contribution in [0.3, 0.4) is 0 Å². The lowest BCUT2D eigenvalue weighted by Gasteiger charge is -2.25. The lowest BCUT2D eigenvalue weighted by Crippen LogP contribution is -2.30. The van der Waals surface area contributed by atoms with Crippen molar-refractivity contribution in [3.63, 3.8) is 0 Å². The number of fused-ring (bicyclic) bond motifs is 1. The molecule has 200 valence electrons. The van der Waals surface area contributed by atoms with E-state index in [4.69, 9.17) is 19.2 Å². The highest BCUT2D eigenvalue weighted by Crippen LogP contribution is 2.36. The van der Waals surface area contributed by atoms with Crippen LogP contribution in [0.5, 0.6) is 5.75 Å². The van der Waals surface area contributed by atoms with Gasteiger partial charge in [0.25, 0.3) is 5.91 Å². The second-order valence-electron chi connectivity index (χ2n) is 10.3. The Labute approximate surface area is 226 Å². The second kappa shape index (κ2) is 10.8. The minimum absolute atomic E-state index is 0.0192. The van der Waals surface area contributed by atoms with Gasteiger partial charge in [0, 0.05) is 30.6 Å². The molecule has 4 aromatic rings. The van der Waals surface area contributed by atoms with E-state index in [-0.39, 0.29) is 12.0 Å². The van der Waals surface area contributed by atoms with Gasteiger partial charge in [-0.05, 0) is 60.9 Å². The Morgan fingerprint density at radius 2 is 1.85 bits per heavy atom. The smallest absolute Gasteiger partial charge is 0.328 e. The van der Waals surface area contributed by atoms with Crippen LogP contribution in [0.4, 0.5) is 0 Å². The number of aromatic nitrogens is 2. The Morgan fingerprint density at radius 3 is 2.59 bits per heavy atom. The van der Waals surface area contributed by atoms with Gasteiger partial charge in [0.2, 0.25) is 0 Å². The molecule has 0 spiro atoms. The number of hydrogen-bond acceptors (Lipinski definition) is 5. The molecule has 8 nitrogen and oxygen atoms in total. The molecule has 2 aromatic carbocycles. The van der Waals surface area contributed by atoms with Crippen LogP contribution in [0.1, 0.15) is 60.5 Å². The number of rotatable bonds is 7. The number of imidazole rings is 1. The summed E-state index contributed by atoms with van der Waals surface area (Å²) in [5, 5.41) is 8.78. The SMILES string of the molecule is O=C(O)C=Cc1ccc(OC2CCN(C(=O)c3ccc4c(c3)nc(-c3ccoc3)n4C3CCCCC3)C2)cc1. The van der Waals surface area contributed by atoms with E-state index in [1.54, 1.807) is 12.5 Å². The fourth-order valence-electron chi connectivity index (χ4n) is 5.74. The highest BCUT2D eigenvalue weighted by Gasteiger charge is 2.29. The van der Waals surface area contributed by atoms with Gasteiger partial charge in [0.15, 0.2) is 0 Å². The minimum atomic E-state index is -0.985. The van der Waals surface area contributed by atoms with Gasteiger partial charge in [-0.2, -0.15) is 0 Å². The van der Waals surface area contributed by atoms with Crippen molar-refractivity contribution in [1.29, 1.82) is 0 Å². The first-order valence-electron chi connectivity index (χ1n) is 13.6. The maximum Gasteiger partial charge on any atom is 0.328 e. The van der Waals surface area contributed by atoms with Crippen molar-refractivity contribution in [3.8, 4) is 17.1 Å². The summed E-state index contributed by atoms with van der Waals surface area (Å²) in [4.78, 5) is 31.0. The Morgan fingerprint density at radius 1 is 1.03 bits per heavy atom. The Bertz CT molecular complexity index is 1500. The van der Waals surface area contributed by atoms with E-state index in [0.717, 1.165) is 53.3 Å². The summed E-state index contributed by atoms with van der Waals surface area (Å²) in [5.41, 5.74) is 4.25. The molecule has 2 aromatic heterocycles. The van der Waals surface area contributed by atoms with Crippen LogP contribution in [0.15, 0.2) is 71.6 Å².